The summed E-state index contributed by atoms with van der Waals surface area (Å²) in [5.74, 6) is -0.585. The molecule has 0 spiro atoms. The Balaban J connectivity index is 2.64. The van der Waals surface area contributed by atoms with Crippen LogP contribution >= 0.6 is 23.6 Å². The van der Waals surface area contributed by atoms with Crippen LogP contribution in [0.4, 0.5) is 0 Å². The first-order valence-electron chi connectivity index (χ1n) is 5.05. The molecule has 3 N–H and O–H groups in total. The zero-order valence-electron chi connectivity index (χ0n) is 9.27. The highest BCUT2D eigenvalue weighted by Crippen LogP contribution is 2.19. The van der Waals surface area contributed by atoms with Crippen molar-refractivity contribution in [1.29, 1.82) is 0 Å². The summed E-state index contributed by atoms with van der Waals surface area (Å²) < 4.78 is 0. The van der Waals surface area contributed by atoms with Crippen LogP contribution in [0.5, 0.6) is 0 Å². The van der Waals surface area contributed by atoms with Crippen molar-refractivity contribution in [1.82, 2.24) is 10.3 Å². The Hall–Kier alpha value is -1.01. The fraction of sp³-hybridized carbons (Fsp3) is 0.500. The summed E-state index contributed by atoms with van der Waals surface area (Å²) in [6.45, 7) is 3.70. The second kappa shape index (κ2) is 5.91. The van der Waals surface area contributed by atoms with Gasteiger partial charge in [-0.1, -0.05) is 19.1 Å². The Bertz CT molecular complexity index is 364. The molecule has 16 heavy (non-hydrogen) atoms. The highest BCUT2D eigenvalue weighted by molar-refractivity contribution is 7.80. The largest absolute Gasteiger partial charge is 0.393 e. The standard InChI is InChI=1S/C10H15N3OS2/c1-3-7(10-12-4-5-16-10)13-9(14)6(2)8(11)15/h4-7H,3H2,1-2H3,(H2,11,15)(H,13,14). The normalized spacial score (nSPS) is 14.1. The van der Waals surface area contributed by atoms with Crippen molar-refractivity contribution in [3.63, 3.8) is 0 Å². The number of hydrogen-bond acceptors (Lipinski definition) is 4. The molecule has 1 aromatic heterocycles. The van der Waals surface area contributed by atoms with Gasteiger partial charge in [0.15, 0.2) is 0 Å². The number of rotatable bonds is 5. The highest BCUT2D eigenvalue weighted by atomic mass is 32.1. The molecule has 1 rings (SSSR count). The molecule has 4 nitrogen and oxygen atoms in total. The minimum absolute atomic E-state index is 0.0516. The SMILES string of the molecule is CCC(NC(=O)C(C)C(N)=S)c1nccs1. The van der Waals surface area contributed by atoms with Gasteiger partial charge in [-0.2, -0.15) is 0 Å². The van der Waals surface area contributed by atoms with Gasteiger partial charge in [-0.15, -0.1) is 11.3 Å². The summed E-state index contributed by atoms with van der Waals surface area (Å²) in [5, 5.41) is 5.69. The number of aromatic nitrogens is 1. The lowest BCUT2D eigenvalue weighted by molar-refractivity contribution is -0.123. The second-order valence-electron chi connectivity index (χ2n) is 3.46. The van der Waals surface area contributed by atoms with Gasteiger partial charge in [0.2, 0.25) is 5.91 Å². The number of nitrogens with two attached hydrogens (primary N) is 1. The Morgan fingerprint density at radius 1 is 1.75 bits per heavy atom. The number of nitrogens with zero attached hydrogens (tertiary/aromatic N) is 1. The zero-order valence-corrected chi connectivity index (χ0v) is 10.9. The fourth-order valence-corrected chi connectivity index (χ4v) is 2.05. The average molecular weight is 257 g/mol. The number of carbonyl (C=O) groups excluding carboxylic acids is 1. The van der Waals surface area contributed by atoms with Crippen LogP contribution in [0.25, 0.3) is 0 Å². The molecule has 0 aliphatic rings. The molecular weight excluding hydrogens is 242 g/mol. The summed E-state index contributed by atoms with van der Waals surface area (Å²) in [5.41, 5.74) is 5.43. The van der Waals surface area contributed by atoms with Crippen molar-refractivity contribution in [3.8, 4) is 0 Å². The lowest BCUT2D eigenvalue weighted by atomic mass is 10.1. The summed E-state index contributed by atoms with van der Waals surface area (Å²) in [6, 6.07) is -0.0516. The van der Waals surface area contributed by atoms with E-state index in [-0.39, 0.29) is 16.9 Å². The minimum atomic E-state index is -0.441. The van der Waals surface area contributed by atoms with Gasteiger partial charge < -0.3 is 11.1 Å². The van der Waals surface area contributed by atoms with Gasteiger partial charge in [0.25, 0.3) is 0 Å². The van der Waals surface area contributed by atoms with Crippen molar-refractivity contribution in [2.75, 3.05) is 0 Å². The van der Waals surface area contributed by atoms with Crippen LogP contribution in [0.1, 0.15) is 31.3 Å². The van der Waals surface area contributed by atoms with E-state index in [0.717, 1.165) is 11.4 Å². The van der Waals surface area contributed by atoms with E-state index in [9.17, 15) is 4.79 Å². The minimum Gasteiger partial charge on any atom is -0.393 e. The van der Waals surface area contributed by atoms with Crippen molar-refractivity contribution in [2.45, 2.75) is 26.3 Å². The molecule has 1 aromatic rings. The molecule has 0 fully saturated rings. The quantitative estimate of drug-likeness (QED) is 0.787. The molecule has 0 saturated heterocycles. The van der Waals surface area contributed by atoms with E-state index in [0.29, 0.717) is 0 Å². The van der Waals surface area contributed by atoms with Gasteiger partial charge >= 0.3 is 0 Å². The van der Waals surface area contributed by atoms with Crippen LogP contribution in [0.15, 0.2) is 11.6 Å². The summed E-state index contributed by atoms with van der Waals surface area (Å²) >= 11 is 6.32. The highest BCUT2D eigenvalue weighted by Gasteiger charge is 2.20. The van der Waals surface area contributed by atoms with Gasteiger partial charge in [0.1, 0.15) is 5.01 Å². The van der Waals surface area contributed by atoms with E-state index in [1.807, 2.05) is 12.3 Å². The fourth-order valence-electron chi connectivity index (χ4n) is 1.17. The topological polar surface area (TPSA) is 68.0 Å². The third-order valence-corrected chi connectivity index (χ3v) is 3.54. The van der Waals surface area contributed by atoms with Crippen LogP contribution in [-0.4, -0.2) is 15.9 Å². The molecular formula is C10H15N3OS2. The number of thiocarbonyl (C=S) groups is 1. The Kier molecular flexibility index (Phi) is 4.82. The molecule has 0 radical (unpaired) electrons. The van der Waals surface area contributed by atoms with E-state index in [2.05, 4.69) is 10.3 Å². The van der Waals surface area contributed by atoms with Gasteiger partial charge in [-0.3, -0.25) is 4.79 Å². The molecule has 0 aliphatic carbocycles. The smallest absolute Gasteiger partial charge is 0.230 e. The second-order valence-corrected chi connectivity index (χ2v) is 4.86. The van der Waals surface area contributed by atoms with E-state index in [1.54, 1.807) is 13.1 Å². The molecule has 0 aliphatic heterocycles. The van der Waals surface area contributed by atoms with Crippen LogP contribution in [-0.2, 0) is 4.79 Å². The Labute approximate surface area is 104 Å². The van der Waals surface area contributed by atoms with Crippen LogP contribution in [0.3, 0.4) is 0 Å². The van der Waals surface area contributed by atoms with Crippen LogP contribution < -0.4 is 11.1 Å². The number of nitrogens with one attached hydrogen (secondary N) is 1. The average Bonchev–Trinajstić information content (AvgIpc) is 2.77. The van der Waals surface area contributed by atoms with Crippen molar-refractivity contribution < 1.29 is 4.79 Å². The van der Waals surface area contributed by atoms with Gasteiger partial charge in [-0.25, -0.2) is 4.98 Å². The lowest BCUT2D eigenvalue weighted by Crippen LogP contribution is -2.38. The van der Waals surface area contributed by atoms with E-state index >= 15 is 0 Å². The molecule has 6 heteroatoms. The van der Waals surface area contributed by atoms with E-state index in [1.165, 1.54) is 11.3 Å². The molecule has 88 valence electrons. The van der Waals surface area contributed by atoms with Crippen molar-refractivity contribution >= 4 is 34.5 Å². The first-order valence-corrected chi connectivity index (χ1v) is 6.34. The van der Waals surface area contributed by atoms with Gasteiger partial charge in [0, 0.05) is 11.6 Å². The molecule has 2 unspecified atom stereocenters. The number of amides is 1. The van der Waals surface area contributed by atoms with Crippen molar-refractivity contribution in [3.05, 3.63) is 16.6 Å². The Morgan fingerprint density at radius 2 is 2.44 bits per heavy atom. The predicted molar refractivity (Wildman–Crippen MR) is 69.2 cm³/mol. The lowest BCUT2D eigenvalue weighted by Gasteiger charge is -2.17. The maximum absolute atomic E-state index is 11.7. The maximum atomic E-state index is 11.7. The van der Waals surface area contributed by atoms with E-state index in [4.69, 9.17) is 18.0 Å². The Morgan fingerprint density at radius 3 is 2.88 bits per heavy atom. The maximum Gasteiger partial charge on any atom is 0.230 e. The van der Waals surface area contributed by atoms with Gasteiger partial charge in [-0.05, 0) is 13.3 Å². The first-order chi connectivity index (χ1) is 7.56. The van der Waals surface area contributed by atoms with Crippen LogP contribution in [0, 0.1) is 5.92 Å². The monoisotopic (exact) mass is 257 g/mol. The molecule has 2 atom stereocenters. The number of hydrogen-bond donors (Lipinski definition) is 2. The molecule has 0 bridgehead atoms. The molecule has 1 amide bonds. The van der Waals surface area contributed by atoms with Crippen molar-refractivity contribution in [2.24, 2.45) is 11.7 Å². The number of carbonyl (C=O) groups is 1. The molecule has 0 saturated carbocycles. The summed E-state index contributed by atoms with van der Waals surface area (Å²) in [7, 11) is 0. The van der Waals surface area contributed by atoms with E-state index < -0.39 is 5.92 Å². The van der Waals surface area contributed by atoms with Crippen LogP contribution in [0.2, 0.25) is 0 Å². The predicted octanol–water partition coefficient (Wildman–Crippen LogP) is 1.63. The number of thiazole rings is 1. The third-order valence-electron chi connectivity index (χ3n) is 2.29. The first kappa shape index (κ1) is 13.1. The third kappa shape index (κ3) is 3.24. The summed E-state index contributed by atoms with van der Waals surface area (Å²) in [4.78, 5) is 16.1. The zero-order chi connectivity index (χ0) is 12.1. The molecule has 0 aromatic carbocycles. The van der Waals surface area contributed by atoms with Gasteiger partial charge in [0.05, 0.1) is 16.9 Å². The molecule has 1 heterocycles. The summed E-state index contributed by atoms with van der Waals surface area (Å²) in [6.07, 6.45) is 2.52.